The lowest BCUT2D eigenvalue weighted by molar-refractivity contribution is 0.0448. The van der Waals surface area contributed by atoms with Gasteiger partial charge in [0.2, 0.25) is 0 Å². The first kappa shape index (κ1) is 23.3. The molecule has 0 aliphatic heterocycles. The number of amides is 1. The van der Waals surface area contributed by atoms with Gasteiger partial charge >= 0.3 is 0 Å². The monoisotopic (exact) mass is 481 g/mol. The van der Waals surface area contributed by atoms with Crippen LogP contribution < -0.4 is 21.5 Å². The van der Waals surface area contributed by atoms with Crippen LogP contribution >= 0.6 is 0 Å². The van der Waals surface area contributed by atoms with Crippen molar-refractivity contribution >= 4 is 28.9 Å². The minimum atomic E-state index is -0.524. The van der Waals surface area contributed by atoms with Crippen LogP contribution in [0.15, 0.2) is 35.4 Å². The topological polar surface area (TPSA) is 135 Å². The Morgan fingerprint density at radius 2 is 2.00 bits per heavy atom. The zero-order chi connectivity index (χ0) is 24.5. The van der Waals surface area contributed by atoms with Crippen LogP contribution in [0.1, 0.15) is 54.9 Å². The molecule has 0 spiro atoms. The first-order valence-electron chi connectivity index (χ1n) is 12.0. The van der Waals surface area contributed by atoms with E-state index >= 15 is 0 Å². The fraction of sp³-hybridized carbons (Fsp3) is 0.500. The molecule has 5 rings (SSSR count). The molecule has 2 fully saturated rings. The third kappa shape index (κ3) is 4.48. The van der Waals surface area contributed by atoms with E-state index in [-0.39, 0.29) is 29.7 Å². The van der Waals surface area contributed by atoms with E-state index in [9.17, 15) is 14.7 Å². The summed E-state index contributed by atoms with van der Waals surface area (Å²) >= 11 is 0. The molecule has 0 bridgehead atoms. The molecule has 1 amide bonds. The highest BCUT2D eigenvalue weighted by atomic mass is 16.5. The number of hydrogen-bond acceptors (Lipinski definition) is 8. The Morgan fingerprint density at radius 1 is 1.20 bits per heavy atom. The van der Waals surface area contributed by atoms with Crippen LogP contribution in [0.5, 0.6) is 0 Å². The molecular formula is C24H31N7O4. The van der Waals surface area contributed by atoms with Gasteiger partial charge in [0.15, 0.2) is 5.65 Å². The van der Waals surface area contributed by atoms with Crippen LogP contribution in [0.25, 0.3) is 5.65 Å². The van der Waals surface area contributed by atoms with Gasteiger partial charge in [-0.05, 0) is 50.7 Å². The number of rotatable bonds is 7. The molecule has 3 aromatic heterocycles. The highest BCUT2D eigenvalue weighted by Crippen LogP contribution is 2.29. The second-order valence-electron chi connectivity index (χ2n) is 9.22. The van der Waals surface area contributed by atoms with Gasteiger partial charge in [0.1, 0.15) is 22.9 Å². The van der Waals surface area contributed by atoms with Crippen LogP contribution in [0, 0.1) is 0 Å². The van der Waals surface area contributed by atoms with E-state index in [2.05, 4.69) is 26.0 Å². The number of hydrogen-bond donors (Lipinski definition) is 4. The quantitative estimate of drug-likeness (QED) is 0.403. The van der Waals surface area contributed by atoms with Gasteiger partial charge in [-0.2, -0.15) is 9.61 Å². The van der Waals surface area contributed by atoms with Gasteiger partial charge in [0, 0.05) is 32.5 Å². The summed E-state index contributed by atoms with van der Waals surface area (Å²) in [7, 11) is 3.48. The largest absolute Gasteiger partial charge is 0.391 e. The highest BCUT2D eigenvalue weighted by Gasteiger charge is 2.31. The van der Waals surface area contributed by atoms with Crippen molar-refractivity contribution < 1.29 is 14.6 Å². The zero-order valence-electron chi connectivity index (χ0n) is 19.9. The first-order chi connectivity index (χ1) is 17.0. The maximum Gasteiger partial charge on any atom is 0.274 e. The lowest BCUT2D eigenvalue weighted by Crippen LogP contribution is -2.50. The molecule has 2 saturated carbocycles. The number of nitrogens with zero attached hydrogens (tertiary/aromatic N) is 4. The summed E-state index contributed by atoms with van der Waals surface area (Å²) in [6.45, 7) is 0. The van der Waals surface area contributed by atoms with E-state index in [0.717, 1.165) is 32.1 Å². The van der Waals surface area contributed by atoms with Crippen LogP contribution in [-0.4, -0.2) is 62.6 Å². The van der Waals surface area contributed by atoms with Gasteiger partial charge in [0.05, 0.1) is 24.4 Å². The number of carbonyl (C=O) groups is 1. The minimum Gasteiger partial charge on any atom is -0.391 e. The number of nitrogens with one attached hydrogen (secondary N) is 3. The van der Waals surface area contributed by atoms with E-state index in [1.54, 1.807) is 30.9 Å². The molecule has 3 aromatic rings. The average molecular weight is 482 g/mol. The van der Waals surface area contributed by atoms with Crippen LogP contribution in [-0.2, 0) is 4.74 Å². The lowest BCUT2D eigenvalue weighted by Gasteiger charge is -2.32. The summed E-state index contributed by atoms with van der Waals surface area (Å²) in [5.74, 6) is 0.677. The van der Waals surface area contributed by atoms with Crippen molar-refractivity contribution in [3.8, 4) is 0 Å². The molecule has 0 aromatic carbocycles. The zero-order valence-corrected chi connectivity index (χ0v) is 19.9. The molecule has 0 saturated heterocycles. The van der Waals surface area contributed by atoms with Crippen LogP contribution in [0.4, 0.5) is 17.3 Å². The molecule has 4 N–H and O–H groups in total. The standard InChI is InChI=1S/C24H31N7O4/c1-25-21-12-20(29-22-16(13-26-31(21)22)23(33)28-17-9-10-19(17)32)27-18-4-3-11-30(24(18)34)14-5-7-15(35-2)8-6-14/h3-4,11-15,17,19,25,32H,5-10H2,1-2H3,(H,27,29)(H,28,33)/t14-,15-,17-,19+/m0/s1. The normalized spacial score (nSPS) is 24.1. The molecule has 0 radical (unpaired) electrons. The second kappa shape index (κ2) is 9.67. The first-order valence-corrected chi connectivity index (χ1v) is 12.0. The minimum absolute atomic E-state index is 0.119. The molecule has 2 atom stereocenters. The number of fused-ring (bicyclic) bond motifs is 1. The molecule has 11 heteroatoms. The second-order valence-corrected chi connectivity index (χ2v) is 9.22. The molecule has 2 aliphatic rings. The molecular weight excluding hydrogens is 450 g/mol. The number of aromatic nitrogens is 4. The number of methoxy groups -OCH3 is 1. The van der Waals surface area contributed by atoms with Gasteiger partial charge in [0.25, 0.3) is 11.5 Å². The van der Waals surface area contributed by atoms with Crippen molar-refractivity contribution in [3.63, 3.8) is 0 Å². The van der Waals surface area contributed by atoms with Gasteiger partial charge in [-0.25, -0.2) is 4.98 Å². The smallest absolute Gasteiger partial charge is 0.274 e. The number of aliphatic hydroxyl groups is 1. The Balaban J connectivity index is 1.42. The summed E-state index contributed by atoms with van der Waals surface area (Å²) in [6.07, 6.45) is 8.07. The van der Waals surface area contributed by atoms with Crippen molar-refractivity contribution in [2.75, 3.05) is 24.8 Å². The molecule has 0 unspecified atom stereocenters. The Hall–Kier alpha value is -3.44. The van der Waals surface area contributed by atoms with Crippen LogP contribution in [0.3, 0.4) is 0 Å². The summed E-state index contributed by atoms with van der Waals surface area (Å²) in [5, 5.41) is 23.2. The maximum atomic E-state index is 13.3. The van der Waals surface area contributed by atoms with Crippen molar-refractivity contribution in [1.82, 2.24) is 24.5 Å². The molecule has 186 valence electrons. The Morgan fingerprint density at radius 3 is 2.66 bits per heavy atom. The third-order valence-corrected chi connectivity index (χ3v) is 7.13. The number of aliphatic hydroxyl groups excluding tert-OH is 1. The van der Waals surface area contributed by atoms with E-state index < -0.39 is 6.10 Å². The van der Waals surface area contributed by atoms with Gasteiger partial charge < -0.3 is 30.4 Å². The number of carbonyl (C=O) groups excluding carboxylic acids is 1. The summed E-state index contributed by atoms with van der Waals surface area (Å²) < 4.78 is 8.78. The van der Waals surface area contributed by atoms with Crippen molar-refractivity contribution in [2.24, 2.45) is 0 Å². The van der Waals surface area contributed by atoms with E-state index in [4.69, 9.17) is 4.74 Å². The highest BCUT2D eigenvalue weighted by molar-refractivity contribution is 6.00. The number of ether oxygens (including phenoxy) is 1. The summed E-state index contributed by atoms with van der Waals surface area (Å²) in [4.78, 5) is 30.7. The predicted octanol–water partition coefficient (Wildman–Crippen LogP) is 2.06. The fourth-order valence-electron chi connectivity index (χ4n) is 4.85. The van der Waals surface area contributed by atoms with Crippen molar-refractivity contribution in [2.45, 2.75) is 62.8 Å². The molecule has 3 heterocycles. The van der Waals surface area contributed by atoms with E-state index in [0.29, 0.717) is 35.0 Å². The third-order valence-electron chi connectivity index (χ3n) is 7.13. The average Bonchev–Trinajstić information content (AvgIpc) is 3.31. The SMILES string of the molecule is CNc1cc(Nc2cccn([C@H]3CC[C@H](OC)CC3)c2=O)nc2c(C(=O)N[C@H]3CC[C@H]3O)cnn12. The number of pyridine rings is 1. The van der Waals surface area contributed by atoms with Gasteiger partial charge in [-0.3, -0.25) is 9.59 Å². The Bertz CT molecular complexity index is 1280. The summed E-state index contributed by atoms with van der Waals surface area (Å²) in [6, 6.07) is 5.19. The van der Waals surface area contributed by atoms with E-state index in [1.165, 1.54) is 10.7 Å². The van der Waals surface area contributed by atoms with Crippen molar-refractivity contribution in [1.29, 1.82) is 0 Å². The summed E-state index contributed by atoms with van der Waals surface area (Å²) in [5.41, 5.74) is 0.930. The Labute approximate surface area is 202 Å². The number of anilines is 3. The van der Waals surface area contributed by atoms with Gasteiger partial charge in [-0.1, -0.05) is 0 Å². The fourth-order valence-corrected chi connectivity index (χ4v) is 4.85. The predicted molar refractivity (Wildman–Crippen MR) is 131 cm³/mol. The Kier molecular flexibility index (Phi) is 6.44. The molecule has 11 nitrogen and oxygen atoms in total. The molecule has 2 aliphatic carbocycles. The lowest BCUT2D eigenvalue weighted by atomic mass is 9.89. The molecule has 35 heavy (non-hydrogen) atoms. The van der Waals surface area contributed by atoms with Crippen molar-refractivity contribution in [3.05, 3.63) is 46.5 Å². The maximum absolute atomic E-state index is 13.3. The van der Waals surface area contributed by atoms with Gasteiger partial charge in [-0.15, -0.1) is 0 Å². The van der Waals surface area contributed by atoms with E-state index in [1.807, 2.05) is 12.3 Å². The van der Waals surface area contributed by atoms with Crippen LogP contribution in [0.2, 0.25) is 0 Å².